The summed E-state index contributed by atoms with van der Waals surface area (Å²) in [6.45, 7) is 9.43. The van der Waals surface area contributed by atoms with E-state index in [-0.39, 0.29) is 0 Å². The molecule has 1 aromatic carbocycles. The van der Waals surface area contributed by atoms with Crippen molar-refractivity contribution in [2.24, 2.45) is 5.92 Å². The van der Waals surface area contributed by atoms with Crippen LogP contribution in [0.15, 0.2) is 30.7 Å². The Hall–Kier alpha value is -2.43. The first kappa shape index (κ1) is 14.5. The maximum Gasteiger partial charge on any atom is 0.168 e. The van der Waals surface area contributed by atoms with Gasteiger partial charge in [0.05, 0.1) is 17.3 Å². The molecule has 0 aliphatic rings. The van der Waals surface area contributed by atoms with E-state index in [2.05, 4.69) is 66.3 Å². The molecule has 22 heavy (non-hydrogen) atoms. The van der Waals surface area contributed by atoms with E-state index in [1.165, 1.54) is 11.1 Å². The van der Waals surface area contributed by atoms with E-state index < -0.39 is 0 Å². The van der Waals surface area contributed by atoms with E-state index in [4.69, 9.17) is 0 Å². The zero-order valence-electron chi connectivity index (χ0n) is 13.5. The SMILES string of the molecule is Cc1ccc(-n2ncc3c(NCC(C)C)ncnc32)cc1C. The quantitative estimate of drug-likeness (QED) is 0.800. The maximum absolute atomic E-state index is 4.50. The van der Waals surface area contributed by atoms with Gasteiger partial charge in [0.1, 0.15) is 12.1 Å². The Morgan fingerprint density at radius 3 is 2.68 bits per heavy atom. The average Bonchev–Trinajstić information content (AvgIpc) is 2.92. The third-order valence-electron chi connectivity index (χ3n) is 3.78. The van der Waals surface area contributed by atoms with Crippen LogP contribution in [0.1, 0.15) is 25.0 Å². The van der Waals surface area contributed by atoms with Gasteiger partial charge in [-0.25, -0.2) is 14.6 Å². The van der Waals surface area contributed by atoms with Crippen LogP contribution >= 0.6 is 0 Å². The van der Waals surface area contributed by atoms with Gasteiger partial charge in [-0.05, 0) is 43.0 Å². The van der Waals surface area contributed by atoms with Gasteiger partial charge in [0.25, 0.3) is 0 Å². The minimum absolute atomic E-state index is 0.555. The minimum Gasteiger partial charge on any atom is -0.369 e. The van der Waals surface area contributed by atoms with Crippen molar-refractivity contribution >= 4 is 16.9 Å². The van der Waals surface area contributed by atoms with Gasteiger partial charge in [0.15, 0.2) is 5.65 Å². The van der Waals surface area contributed by atoms with Crippen molar-refractivity contribution < 1.29 is 0 Å². The molecule has 3 aromatic rings. The molecule has 5 nitrogen and oxygen atoms in total. The highest BCUT2D eigenvalue weighted by Crippen LogP contribution is 2.22. The Labute approximate surface area is 130 Å². The monoisotopic (exact) mass is 295 g/mol. The van der Waals surface area contributed by atoms with Crippen molar-refractivity contribution in [1.29, 1.82) is 0 Å². The first-order valence-corrected chi connectivity index (χ1v) is 7.56. The molecule has 2 heterocycles. The summed E-state index contributed by atoms with van der Waals surface area (Å²) in [6.07, 6.45) is 3.41. The van der Waals surface area contributed by atoms with E-state index in [0.717, 1.165) is 29.1 Å². The van der Waals surface area contributed by atoms with Gasteiger partial charge in [-0.2, -0.15) is 5.10 Å². The molecule has 0 atom stereocenters. The average molecular weight is 295 g/mol. The molecule has 0 spiro atoms. The molecule has 0 saturated carbocycles. The molecule has 2 aromatic heterocycles. The number of benzene rings is 1. The molecule has 0 unspecified atom stereocenters. The molecule has 0 radical (unpaired) electrons. The van der Waals surface area contributed by atoms with Crippen molar-refractivity contribution in [3.05, 3.63) is 41.9 Å². The Balaban J connectivity index is 2.05. The van der Waals surface area contributed by atoms with Crippen LogP contribution in [-0.2, 0) is 0 Å². The van der Waals surface area contributed by atoms with E-state index in [1.807, 2.05) is 10.9 Å². The van der Waals surface area contributed by atoms with Crippen molar-refractivity contribution in [3.63, 3.8) is 0 Å². The van der Waals surface area contributed by atoms with E-state index in [9.17, 15) is 0 Å². The molecule has 0 aliphatic carbocycles. The van der Waals surface area contributed by atoms with E-state index in [0.29, 0.717) is 5.92 Å². The van der Waals surface area contributed by atoms with Crippen LogP contribution in [0, 0.1) is 19.8 Å². The highest BCUT2D eigenvalue weighted by atomic mass is 15.3. The number of aryl methyl sites for hydroxylation is 2. The molecule has 0 amide bonds. The largest absolute Gasteiger partial charge is 0.369 e. The lowest BCUT2D eigenvalue weighted by Crippen LogP contribution is -2.09. The highest BCUT2D eigenvalue weighted by Gasteiger charge is 2.11. The second kappa shape index (κ2) is 5.75. The summed E-state index contributed by atoms with van der Waals surface area (Å²) in [5, 5.41) is 8.81. The summed E-state index contributed by atoms with van der Waals surface area (Å²) >= 11 is 0. The van der Waals surface area contributed by atoms with Gasteiger partial charge in [-0.3, -0.25) is 0 Å². The summed E-state index contributed by atoms with van der Waals surface area (Å²) in [5.41, 5.74) is 4.36. The maximum atomic E-state index is 4.50. The molecule has 5 heteroatoms. The van der Waals surface area contributed by atoms with Crippen molar-refractivity contribution in [3.8, 4) is 5.69 Å². The highest BCUT2D eigenvalue weighted by molar-refractivity contribution is 5.87. The molecule has 1 N–H and O–H groups in total. The normalized spacial score (nSPS) is 11.3. The molecular weight excluding hydrogens is 274 g/mol. The summed E-state index contributed by atoms with van der Waals surface area (Å²) in [7, 11) is 0. The number of fused-ring (bicyclic) bond motifs is 1. The lowest BCUT2D eigenvalue weighted by atomic mass is 10.1. The van der Waals surface area contributed by atoms with Gasteiger partial charge in [-0.1, -0.05) is 19.9 Å². The molecule has 3 rings (SSSR count). The van der Waals surface area contributed by atoms with Crippen molar-refractivity contribution in [2.45, 2.75) is 27.7 Å². The Bertz CT molecular complexity index is 804. The summed E-state index contributed by atoms with van der Waals surface area (Å²) in [6, 6.07) is 6.31. The van der Waals surface area contributed by atoms with Gasteiger partial charge in [-0.15, -0.1) is 0 Å². The van der Waals surface area contributed by atoms with Crippen LogP contribution in [0.5, 0.6) is 0 Å². The standard InChI is InChI=1S/C17H21N5/c1-11(2)8-18-16-15-9-21-22(17(15)20-10-19-16)14-6-5-12(3)13(4)7-14/h5-7,9-11H,8H2,1-4H3,(H,18,19,20). The molecular formula is C17H21N5. The van der Waals surface area contributed by atoms with Crippen LogP contribution in [0.4, 0.5) is 5.82 Å². The zero-order chi connectivity index (χ0) is 15.7. The second-order valence-electron chi connectivity index (χ2n) is 6.06. The molecule has 0 bridgehead atoms. The van der Waals surface area contributed by atoms with Crippen molar-refractivity contribution in [1.82, 2.24) is 19.7 Å². The smallest absolute Gasteiger partial charge is 0.168 e. The number of nitrogens with zero attached hydrogens (tertiary/aromatic N) is 4. The number of nitrogens with one attached hydrogen (secondary N) is 1. The molecule has 114 valence electrons. The number of hydrogen-bond donors (Lipinski definition) is 1. The van der Waals surface area contributed by atoms with Crippen LogP contribution in [0.25, 0.3) is 16.7 Å². The van der Waals surface area contributed by atoms with Crippen molar-refractivity contribution in [2.75, 3.05) is 11.9 Å². The fourth-order valence-electron chi connectivity index (χ4n) is 2.33. The van der Waals surface area contributed by atoms with Gasteiger partial charge < -0.3 is 5.32 Å². The summed E-state index contributed by atoms with van der Waals surface area (Å²) < 4.78 is 1.87. The predicted molar refractivity (Wildman–Crippen MR) is 89.5 cm³/mol. The third kappa shape index (κ3) is 2.66. The van der Waals surface area contributed by atoms with Crippen LogP contribution in [0.3, 0.4) is 0 Å². The Morgan fingerprint density at radius 1 is 1.14 bits per heavy atom. The topological polar surface area (TPSA) is 55.6 Å². The summed E-state index contributed by atoms with van der Waals surface area (Å²) in [4.78, 5) is 8.75. The molecule has 0 saturated heterocycles. The predicted octanol–water partition coefficient (Wildman–Crippen LogP) is 3.50. The van der Waals surface area contributed by atoms with E-state index >= 15 is 0 Å². The lowest BCUT2D eigenvalue weighted by molar-refractivity contribution is 0.687. The van der Waals surface area contributed by atoms with Crippen LogP contribution < -0.4 is 5.32 Å². The van der Waals surface area contributed by atoms with Gasteiger partial charge >= 0.3 is 0 Å². The van der Waals surface area contributed by atoms with Gasteiger partial charge in [0, 0.05) is 6.54 Å². The first-order chi connectivity index (χ1) is 10.6. The number of rotatable bonds is 4. The minimum atomic E-state index is 0.555. The summed E-state index contributed by atoms with van der Waals surface area (Å²) in [5.74, 6) is 1.40. The number of anilines is 1. The third-order valence-corrected chi connectivity index (χ3v) is 3.78. The fourth-order valence-corrected chi connectivity index (χ4v) is 2.33. The lowest BCUT2D eigenvalue weighted by Gasteiger charge is -2.09. The van der Waals surface area contributed by atoms with Crippen LogP contribution in [-0.4, -0.2) is 26.3 Å². The van der Waals surface area contributed by atoms with Crippen LogP contribution in [0.2, 0.25) is 0 Å². The second-order valence-corrected chi connectivity index (χ2v) is 6.06. The zero-order valence-corrected chi connectivity index (χ0v) is 13.5. The first-order valence-electron chi connectivity index (χ1n) is 7.56. The molecule has 0 aliphatic heterocycles. The fraction of sp³-hybridized carbons (Fsp3) is 0.353. The van der Waals surface area contributed by atoms with E-state index in [1.54, 1.807) is 6.33 Å². The van der Waals surface area contributed by atoms with Gasteiger partial charge in [0.2, 0.25) is 0 Å². The Morgan fingerprint density at radius 2 is 1.95 bits per heavy atom. The molecule has 0 fully saturated rings. The number of aromatic nitrogens is 4. The Kier molecular flexibility index (Phi) is 3.79. The number of hydrogen-bond acceptors (Lipinski definition) is 4.